The number of aliphatic hydroxyl groups is 1. The van der Waals surface area contributed by atoms with Crippen LogP contribution in [-0.4, -0.2) is 51.0 Å². The number of tetrazole rings is 1. The van der Waals surface area contributed by atoms with Crippen LogP contribution in [-0.2, 0) is 6.54 Å². The Kier molecular flexibility index (Phi) is 4.23. The molecule has 0 radical (unpaired) electrons. The maximum Gasteiger partial charge on any atom is 0.204 e. The van der Waals surface area contributed by atoms with Crippen molar-refractivity contribution in [1.82, 2.24) is 31.3 Å². The summed E-state index contributed by atoms with van der Waals surface area (Å²) in [6.45, 7) is 2.94. The van der Waals surface area contributed by atoms with E-state index in [9.17, 15) is 5.11 Å². The normalized spacial score (nSPS) is 22.3. The van der Waals surface area contributed by atoms with Gasteiger partial charge >= 0.3 is 0 Å². The lowest BCUT2D eigenvalue weighted by molar-refractivity contribution is 0.0169. The first-order valence-corrected chi connectivity index (χ1v) is 7.22. The van der Waals surface area contributed by atoms with Crippen molar-refractivity contribution < 1.29 is 5.11 Å². The fourth-order valence-corrected chi connectivity index (χ4v) is 2.65. The first kappa shape index (κ1) is 14.1. The molecule has 0 saturated carbocycles. The van der Waals surface area contributed by atoms with E-state index in [1.54, 1.807) is 0 Å². The number of piperidine rings is 1. The van der Waals surface area contributed by atoms with Gasteiger partial charge in [-0.3, -0.25) is 0 Å². The van der Waals surface area contributed by atoms with Crippen molar-refractivity contribution >= 4 is 0 Å². The lowest BCUT2D eigenvalue weighted by Gasteiger charge is -2.32. The molecule has 0 spiro atoms. The number of aromatic amines is 1. The number of H-pyrrole nitrogens is 1. The second-order valence-electron chi connectivity index (χ2n) is 5.54. The predicted molar refractivity (Wildman–Crippen MR) is 78.4 cm³/mol. The molecule has 21 heavy (non-hydrogen) atoms. The van der Waals surface area contributed by atoms with E-state index in [4.69, 9.17) is 0 Å². The van der Waals surface area contributed by atoms with Crippen LogP contribution in [0.1, 0.15) is 18.4 Å². The van der Waals surface area contributed by atoms with Crippen LogP contribution < -0.4 is 10.6 Å². The SMILES string of the molecule is OC1(CNCc2cccc(-c3nn[nH]n3)c2)CCCNC1. The highest BCUT2D eigenvalue weighted by Gasteiger charge is 2.28. The third kappa shape index (κ3) is 3.63. The van der Waals surface area contributed by atoms with Crippen LogP contribution in [0.5, 0.6) is 0 Å². The van der Waals surface area contributed by atoms with E-state index >= 15 is 0 Å². The fraction of sp³-hybridized carbons (Fsp3) is 0.500. The van der Waals surface area contributed by atoms with E-state index in [1.165, 1.54) is 0 Å². The summed E-state index contributed by atoms with van der Waals surface area (Å²) >= 11 is 0. The molecule has 1 aliphatic rings. The quantitative estimate of drug-likeness (QED) is 0.621. The molecule has 1 saturated heterocycles. The molecule has 112 valence electrons. The molecule has 0 bridgehead atoms. The average Bonchev–Trinajstić information content (AvgIpc) is 3.02. The zero-order valence-electron chi connectivity index (χ0n) is 11.8. The van der Waals surface area contributed by atoms with Crippen LogP contribution >= 0.6 is 0 Å². The number of nitrogens with zero attached hydrogens (tertiary/aromatic N) is 3. The van der Waals surface area contributed by atoms with Gasteiger partial charge in [-0.1, -0.05) is 18.2 Å². The van der Waals surface area contributed by atoms with Crippen molar-refractivity contribution in [3.05, 3.63) is 29.8 Å². The van der Waals surface area contributed by atoms with Gasteiger partial charge in [-0.2, -0.15) is 5.21 Å². The molecule has 1 aromatic heterocycles. The van der Waals surface area contributed by atoms with Gasteiger partial charge in [0.1, 0.15) is 0 Å². The minimum absolute atomic E-state index is 0.590. The highest BCUT2D eigenvalue weighted by Crippen LogP contribution is 2.16. The summed E-state index contributed by atoms with van der Waals surface area (Å²) in [4.78, 5) is 0. The van der Waals surface area contributed by atoms with Gasteiger partial charge in [-0.25, -0.2) is 0 Å². The molecule has 1 fully saturated rings. The number of aromatic nitrogens is 4. The van der Waals surface area contributed by atoms with Gasteiger partial charge in [0.05, 0.1) is 5.60 Å². The lowest BCUT2D eigenvalue weighted by atomic mass is 9.94. The summed E-state index contributed by atoms with van der Waals surface area (Å²) in [6.07, 6.45) is 1.86. The predicted octanol–water partition coefficient (Wildman–Crippen LogP) is 0.0708. The number of β-amino-alcohol motifs (C(OH)–C–C–N with tert-alkyl or cyclic N) is 1. The van der Waals surface area contributed by atoms with E-state index < -0.39 is 5.60 Å². The summed E-state index contributed by atoms with van der Waals surface area (Å²) in [7, 11) is 0. The molecular formula is C14H20N6O. The Morgan fingerprint density at radius 3 is 3.10 bits per heavy atom. The molecule has 7 heteroatoms. The van der Waals surface area contributed by atoms with Crippen LogP contribution in [0.25, 0.3) is 11.4 Å². The Hall–Kier alpha value is -1.83. The maximum absolute atomic E-state index is 10.4. The largest absolute Gasteiger partial charge is 0.387 e. The van der Waals surface area contributed by atoms with Crippen molar-refractivity contribution in [1.29, 1.82) is 0 Å². The molecule has 3 rings (SSSR count). The smallest absolute Gasteiger partial charge is 0.204 e. The summed E-state index contributed by atoms with van der Waals surface area (Å²) < 4.78 is 0. The van der Waals surface area contributed by atoms with Gasteiger partial charge in [0.15, 0.2) is 0 Å². The van der Waals surface area contributed by atoms with Crippen LogP contribution in [0.4, 0.5) is 0 Å². The van der Waals surface area contributed by atoms with E-state index in [0.29, 0.717) is 25.5 Å². The zero-order valence-corrected chi connectivity index (χ0v) is 11.8. The first-order valence-electron chi connectivity index (χ1n) is 7.22. The van der Waals surface area contributed by atoms with Crippen molar-refractivity contribution in [2.24, 2.45) is 0 Å². The fourth-order valence-electron chi connectivity index (χ4n) is 2.65. The standard InChI is InChI=1S/C14H20N6O/c21-14(5-2-6-15-9-14)10-16-8-11-3-1-4-12(7-11)13-17-19-20-18-13/h1,3-4,7,15-16,21H,2,5-6,8-10H2,(H,17,18,19,20). The molecule has 0 amide bonds. The molecular weight excluding hydrogens is 268 g/mol. The Balaban J connectivity index is 1.57. The maximum atomic E-state index is 10.4. The molecule has 4 N–H and O–H groups in total. The molecule has 1 unspecified atom stereocenters. The van der Waals surface area contributed by atoms with Gasteiger partial charge in [-0.05, 0) is 36.2 Å². The molecule has 1 aromatic carbocycles. The van der Waals surface area contributed by atoms with E-state index in [1.807, 2.05) is 24.3 Å². The average molecular weight is 288 g/mol. The number of benzene rings is 1. The van der Waals surface area contributed by atoms with Gasteiger partial charge in [0.2, 0.25) is 5.82 Å². The van der Waals surface area contributed by atoms with Gasteiger partial charge in [0, 0.05) is 25.2 Å². The Labute approximate surface area is 123 Å². The molecule has 1 atom stereocenters. The third-order valence-electron chi connectivity index (χ3n) is 3.76. The van der Waals surface area contributed by atoms with Crippen molar-refractivity contribution in [2.75, 3.05) is 19.6 Å². The number of rotatable bonds is 5. The number of hydrogen-bond donors (Lipinski definition) is 4. The minimum Gasteiger partial charge on any atom is -0.387 e. The second-order valence-corrected chi connectivity index (χ2v) is 5.54. The summed E-state index contributed by atoms with van der Waals surface area (Å²) in [5.41, 5.74) is 1.43. The van der Waals surface area contributed by atoms with Crippen molar-refractivity contribution in [3.8, 4) is 11.4 Å². The lowest BCUT2D eigenvalue weighted by Crippen LogP contribution is -2.51. The van der Waals surface area contributed by atoms with Crippen molar-refractivity contribution in [3.63, 3.8) is 0 Å². The van der Waals surface area contributed by atoms with Crippen LogP contribution in [0.3, 0.4) is 0 Å². The Morgan fingerprint density at radius 1 is 1.38 bits per heavy atom. The van der Waals surface area contributed by atoms with Gasteiger partial charge < -0.3 is 15.7 Å². The molecule has 0 aliphatic carbocycles. The molecule has 1 aliphatic heterocycles. The van der Waals surface area contributed by atoms with Gasteiger partial charge in [0.25, 0.3) is 0 Å². The van der Waals surface area contributed by atoms with Crippen LogP contribution in [0, 0.1) is 0 Å². The monoisotopic (exact) mass is 288 g/mol. The molecule has 7 nitrogen and oxygen atoms in total. The topological polar surface area (TPSA) is 98.8 Å². The van der Waals surface area contributed by atoms with E-state index in [-0.39, 0.29) is 0 Å². The minimum atomic E-state index is -0.635. The first-order chi connectivity index (χ1) is 10.3. The molecule has 2 heterocycles. The van der Waals surface area contributed by atoms with E-state index in [0.717, 1.165) is 30.5 Å². The Morgan fingerprint density at radius 2 is 2.33 bits per heavy atom. The van der Waals surface area contributed by atoms with Gasteiger partial charge in [-0.15, -0.1) is 10.2 Å². The van der Waals surface area contributed by atoms with E-state index in [2.05, 4.69) is 31.3 Å². The molecule has 2 aromatic rings. The van der Waals surface area contributed by atoms with Crippen LogP contribution in [0.15, 0.2) is 24.3 Å². The number of hydrogen-bond acceptors (Lipinski definition) is 6. The van der Waals surface area contributed by atoms with Crippen LogP contribution in [0.2, 0.25) is 0 Å². The second kappa shape index (κ2) is 6.30. The summed E-state index contributed by atoms with van der Waals surface area (Å²) in [6, 6.07) is 7.99. The number of nitrogens with one attached hydrogen (secondary N) is 3. The third-order valence-corrected chi connectivity index (χ3v) is 3.76. The van der Waals surface area contributed by atoms with Crippen molar-refractivity contribution in [2.45, 2.75) is 25.0 Å². The Bertz CT molecular complexity index is 565. The zero-order chi connectivity index (χ0) is 14.5. The highest BCUT2D eigenvalue weighted by molar-refractivity contribution is 5.54. The highest BCUT2D eigenvalue weighted by atomic mass is 16.3. The summed E-state index contributed by atoms with van der Waals surface area (Å²) in [5.74, 6) is 0.590. The summed E-state index contributed by atoms with van der Waals surface area (Å²) in [5, 5.41) is 30.9.